The van der Waals surface area contributed by atoms with Crippen molar-refractivity contribution < 1.29 is 33.4 Å². The Morgan fingerprint density at radius 1 is 0.920 bits per heavy atom. The van der Waals surface area contributed by atoms with E-state index in [0.717, 1.165) is 31.6 Å². The molecule has 1 amide bonds. The Labute approximate surface area is 297 Å². The van der Waals surface area contributed by atoms with Gasteiger partial charge in [-0.25, -0.2) is 9.18 Å². The van der Waals surface area contributed by atoms with E-state index in [2.05, 4.69) is 9.80 Å². The van der Waals surface area contributed by atoms with E-state index in [1.165, 1.54) is 31.4 Å². The Morgan fingerprint density at radius 2 is 1.60 bits per heavy atom. The lowest BCUT2D eigenvalue weighted by Gasteiger charge is -2.40. The molecule has 3 fully saturated rings. The van der Waals surface area contributed by atoms with E-state index in [-0.39, 0.29) is 36.5 Å². The van der Waals surface area contributed by atoms with Crippen molar-refractivity contribution in [3.8, 4) is 0 Å². The normalized spacial score (nSPS) is 32.3. The number of halogens is 1. The molecule has 1 aliphatic carbocycles. The molecule has 7 atom stereocenters. The molecule has 0 radical (unpaired) electrons. The number of piperidine rings is 2. The van der Waals surface area contributed by atoms with Crippen LogP contribution in [0.1, 0.15) is 91.5 Å². The predicted octanol–water partition coefficient (Wildman–Crippen LogP) is 6.43. The lowest BCUT2D eigenvalue weighted by Crippen LogP contribution is -2.48. The summed E-state index contributed by atoms with van der Waals surface area (Å²) in [6.45, 7) is 14.5. The summed E-state index contributed by atoms with van der Waals surface area (Å²) in [5, 5.41) is 10.8. The van der Waals surface area contributed by atoms with Gasteiger partial charge in [-0.15, -0.1) is 0 Å². The zero-order valence-electron chi connectivity index (χ0n) is 30.7. The van der Waals surface area contributed by atoms with E-state index in [9.17, 15) is 23.9 Å². The number of Topliss-reactive ketones (excluding diaryl/α,β-unsaturated/α-hetero) is 2. The minimum Gasteiger partial charge on any atom is -0.442 e. The summed E-state index contributed by atoms with van der Waals surface area (Å²) < 4.78 is 27.0. The van der Waals surface area contributed by atoms with Crippen LogP contribution in [0.4, 0.5) is 14.9 Å². The SMILES string of the molecule is C/C(=C\c1cc(F)cc(N2C[C@@H](C)O[C@@H](C)C2)c1)[C@H]1C(=O)C(=O)C[C@@H](O)CC[C@@H](C)[C@@H](OC(=O)N2CCC(N3CCCCC3)CC2)/C=C/[C@@H]1C. The van der Waals surface area contributed by atoms with Gasteiger partial charge >= 0.3 is 6.09 Å². The highest BCUT2D eigenvalue weighted by Crippen LogP contribution is 2.31. The third-order valence-corrected chi connectivity index (χ3v) is 11.1. The number of aliphatic hydroxyl groups excluding tert-OH is 1. The summed E-state index contributed by atoms with van der Waals surface area (Å²) in [6, 6.07) is 5.35. The molecule has 0 spiro atoms. The van der Waals surface area contributed by atoms with E-state index in [4.69, 9.17) is 9.47 Å². The van der Waals surface area contributed by atoms with Crippen molar-refractivity contribution in [3.05, 3.63) is 47.3 Å². The number of ether oxygens (including phenoxy) is 2. The standard InChI is InChI=1S/C40H58FN3O6/c1-26-9-11-35(45)23-36(46)39(47)38(28(3)19-31-20-32(41)22-34(21-31)44-24-29(4)49-30(5)25-44)27(2)10-12-37(26)50-40(48)43-17-13-33(14-18-43)42-15-7-6-8-16-42/h10,12,19-22,26-27,29-30,33,35,37-38,45H,6-9,11,13-18,23-25H2,1-5H3/b12-10+,28-19+/t26-,27+,29-,30+,35+,37+,38+/m1/s1. The average Bonchev–Trinajstić information content (AvgIpc) is 3.08. The Hall–Kier alpha value is -3.08. The molecule has 50 heavy (non-hydrogen) atoms. The van der Waals surface area contributed by atoms with Crippen LogP contribution in [0.2, 0.25) is 0 Å². The van der Waals surface area contributed by atoms with Crippen LogP contribution in [0.3, 0.4) is 0 Å². The number of nitrogens with zero attached hydrogens (tertiary/aromatic N) is 3. The number of allylic oxidation sites excluding steroid dienone is 2. The summed E-state index contributed by atoms with van der Waals surface area (Å²) in [7, 11) is 0. The lowest BCUT2D eigenvalue weighted by molar-refractivity contribution is -0.140. The van der Waals surface area contributed by atoms with E-state index in [1.807, 2.05) is 45.9 Å². The molecule has 9 nitrogen and oxygen atoms in total. The average molecular weight is 696 g/mol. The first kappa shape index (κ1) is 38.2. The summed E-state index contributed by atoms with van der Waals surface area (Å²) in [5.74, 6) is -2.96. The molecule has 0 saturated carbocycles. The van der Waals surface area contributed by atoms with Gasteiger partial charge in [0.05, 0.1) is 24.2 Å². The summed E-state index contributed by atoms with van der Waals surface area (Å²) in [4.78, 5) is 46.9. The van der Waals surface area contributed by atoms with Crippen molar-refractivity contribution in [2.45, 2.75) is 116 Å². The van der Waals surface area contributed by atoms with Crippen molar-refractivity contribution in [2.24, 2.45) is 17.8 Å². The molecule has 5 rings (SSSR count). The van der Waals surface area contributed by atoms with Crippen molar-refractivity contribution in [2.75, 3.05) is 44.2 Å². The first-order valence-electron chi connectivity index (χ1n) is 18.9. The molecule has 276 valence electrons. The number of anilines is 1. The largest absolute Gasteiger partial charge is 0.442 e. The highest BCUT2D eigenvalue weighted by atomic mass is 19.1. The molecule has 4 aliphatic rings. The number of amides is 1. The third kappa shape index (κ3) is 10.0. The van der Waals surface area contributed by atoms with E-state index < -0.39 is 35.6 Å². The van der Waals surface area contributed by atoms with Gasteiger partial charge < -0.3 is 29.3 Å². The quantitative estimate of drug-likeness (QED) is 0.278. The number of benzene rings is 1. The number of aliphatic hydroxyl groups is 1. The molecule has 1 aromatic rings. The fraction of sp³-hybridized carbons (Fsp3) is 0.675. The van der Waals surface area contributed by atoms with E-state index >= 15 is 0 Å². The Bertz CT molecular complexity index is 1390. The molecule has 1 aromatic carbocycles. The molecule has 0 unspecified atom stereocenters. The number of hydrogen-bond acceptors (Lipinski definition) is 8. The number of carbonyl (C=O) groups is 3. The fourth-order valence-electron chi connectivity index (χ4n) is 8.30. The van der Waals surface area contributed by atoms with Crippen molar-refractivity contribution >= 4 is 29.4 Å². The lowest BCUT2D eigenvalue weighted by atomic mass is 9.79. The molecule has 0 bridgehead atoms. The number of likely N-dealkylation sites (tertiary alicyclic amines) is 2. The second-order valence-corrected chi connectivity index (χ2v) is 15.4. The van der Waals surface area contributed by atoms with Crippen LogP contribution < -0.4 is 4.90 Å². The molecule has 0 aromatic heterocycles. The van der Waals surface area contributed by atoms with E-state index in [1.54, 1.807) is 17.9 Å². The summed E-state index contributed by atoms with van der Waals surface area (Å²) >= 11 is 0. The van der Waals surface area contributed by atoms with Crippen LogP contribution in [0, 0.1) is 23.6 Å². The zero-order valence-corrected chi connectivity index (χ0v) is 30.7. The Kier molecular flexibility index (Phi) is 13.3. The third-order valence-electron chi connectivity index (χ3n) is 11.1. The van der Waals surface area contributed by atoms with Gasteiger partial charge in [-0.2, -0.15) is 0 Å². The van der Waals surface area contributed by atoms with Gasteiger partial charge in [-0.05, 0) is 114 Å². The number of morpholine rings is 1. The smallest absolute Gasteiger partial charge is 0.410 e. The molecule has 3 heterocycles. The molecule has 3 saturated heterocycles. The van der Waals surface area contributed by atoms with Crippen LogP contribution in [0.5, 0.6) is 0 Å². The predicted molar refractivity (Wildman–Crippen MR) is 193 cm³/mol. The maximum absolute atomic E-state index is 15.0. The Morgan fingerprint density at radius 3 is 2.28 bits per heavy atom. The van der Waals surface area contributed by atoms with Crippen LogP contribution >= 0.6 is 0 Å². The fourth-order valence-corrected chi connectivity index (χ4v) is 8.30. The second kappa shape index (κ2) is 17.4. The molecule has 1 N–H and O–H groups in total. The maximum Gasteiger partial charge on any atom is 0.410 e. The minimum absolute atomic E-state index is 0.00746. The van der Waals surface area contributed by atoms with Gasteiger partial charge in [0.2, 0.25) is 11.6 Å². The van der Waals surface area contributed by atoms with Gasteiger partial charge in [-0.1, -0.05) is 38.0 Å². The van der Waals surface area contributed by atoms with Crippen LogP contribution in [0.25, 0.3) is 6.08 Å². The molecule has 3 aliphatic heterocycles. The van der Waals surface area contributed by atoms with Gasteiger partial charge in [0, 0.05) is 44.3 Å². The first-order chi connectivity index (χ1) is 23.9. The van der Waals surface area contributed by atoms with Crippen molar-refractivity contribution in [1.29, 1.82) is 0 Å². The monoisotopic (exact) mass is 695 g/mol. The zero-order chi connectivity index (χ0) is 35.9. The van der Waals surface area contributed by atoms with Gasteiger partial charge in [0.25, 0.3) is 0 Å². The Balaban J connectivity index is 1.33. The van der Waals surface area contributed by atoms with Gasteiger partial charge in [-0.3, -0.25) is 9.59 Å². The maximum atomic E-state index is 15.0. The van der Waals surface area contributed by atoms with Gasteiger partial charge in [0.1, 0.15) is 11.9 Å². The molecular weight excluding hydrogens is 637 g/mol. The molecule has 10 heteroatoms. The number of hydrogen-bond donors (Lipinski definition) is 1. The van der Waals surface area contributed by atoms with Crippen LogP contribution in [-0.2, 0) is 19.1 Å². The summed E-state index contributed by atoms with van der Waals surface area (Å²) in [5.41, 5.74) is 1.94. The highest BCUT2D eigenvalue weighted by Gasteiger charge is 2.34. The summed E-state index contributed by atoms with van der Waals surface area (Å²) in [6.07, 6.45) is 9.88. The second-order valence-electron chi connectivity index (χ2n) is 15.4. The van der Waals surface area contributed by atoms with Crippen molar-refractivity contribution in [3.63, 3.8) is 0 Å². The molecular formula is C40H58FN3O6. The number of carbonyl (C=O) groups excluding carboxylic acids is 3. The number of rotatable bonds is 5. The van der Waals surface area contributed by atoms with Crippen LogP contribution in [-0.4, -0.2) is 102 Å². The number of ketones is 2. The van der Waals surface area contributed by atoms with Crippen LogP contribution in [0.15, 0.2) is 35.9 Å². The van der Waals surface area contributed by atoms with Crippen molar-refractivity contribution in [1.82, 2.24) is 9.80 Å². The minimum atomic E-state index is -0.980. The highest BCUT2D eigenvalue weighted by molar-refractivity contribution is 6.38. The van der Waals surface area contributed by atoms with E-state index in [0.29, 0.717) is 56.2 Å². The first-order valence-corrected chi connectivity index (χ1v) is 18.9. The topological polar surface area (TPSA) is 99.6 Å². The van der Waals surface area contributed by atoms with Gasteiger partial charge in [0.15, 0.2) is 0 Å².